The number of hydrogen-bond acceptors (Lipinski definition) is 2. The average Bonchev–Trinajstić information content (AvgIpc) is 3.02. The van der Waals surface area contributed by atoms with Gasteiger partial charge in [-0.1, -0.05) is 12.1 Å². The van der Waals surface area contributed by atoms with Gasteiger partial charge < -0.3 is 4.90 Å². The van der Waals surface area contributed by atoms with Gasteiger partial charge in [0, 0.05) is 19.3 Å². The van der Waals surface area contributed by atoms with Gasteiger partial charge in [0.1, 0.15) is 5.82 Å². The standard InChI is InChI=1S/C19H21FN2/c1-14-5-7-17(11-15(14)2)21-13-16-6-8-19(18(20)12-16)22-9-3-4-10-22/h5-8,11-13H,3-4,9-10H2,1-2H3. The van der Waals surface area contributed by atoms with Crippen molar-refractivity contribution in [2.45, 2.75) is 26.7 Å². The van der Waals surface area contributed by atoms with E-state index in [1.807, 2.05) is 24.3 Å². The first kappa shape index (κ1) is 14.8. The molecule has 3 rings (SSSR count). The van der Waals surface area contributed by atoms with Crippen LogP contribution in [-0.4, -0.2) is 19.3 Å². The summed E-state index contributed by atoms with van der Waals surface area (Å²) in [5, 5.41) is 0. The summed E-state index contributed by atoms with van der Waals surface area (Å²) in [6.45, 7) is 6.05. The fourth-order valence-electron chi connectivity index (χ4n) is 2.77. The maximum Gasteiger partial charge on any atom is 0.147 e. The summed E-state index contributed by atoms with van der Waals surface area (Å²) in [6, 6.07) is 11.4. The highest BCUT2D eigenvalue weighted by Crippen LogP contribution is 2.24. The minimum atomic E-state index is -0.161. The Labute approximate surface area is 131 Å². The Kier molecular flexibility index (Phi) is 4.23. The molecule has 3 heteroatoms. The van der Waals surface area contributed by atoms with Gasteiger partial charge in [0.15, 0.2) is 0 Å². The number of rotatable bonds is 3. The molecule has 0 aliphatic carbocycles. The molecule has 0 bridgehead atoms. The molecule has 0 N–H and O–H groups in total. The summed E-state index contributed by atoms with van der Waals surface area (Å²) in [4.78, 5) is 6.55. The second kappa shape index (κ2) is 6.30. The van der Waals surface area contributed by atoms with Crippen molar-refractivity contribution in [2.75, 3.05) is 18.0 Å². The third-order valence-corrected chi connectivity index (χ3v) is 4.27. The fraction of sp³-hybridized carbons (Fsp3) is 0.316. The summed E-state index contributed by atoms with van der Waals surface area (Å²) in [5.41, 5.74) is 4.86. The van der Waals surface area contributed by atoms with E-state index in [1.165, 1.54) is 11.1 Å². The average molecular weight is 296 g/mol. The largest absolute Gasteiger partial charge is 0.369 e. The number of aryl methyl sites for hydroxylation is 2. The van der Waals surface area contributed by atoms with Crippen LogP contribution in [0.4, 0.5) is 15.8 Å². The molecule has 0 unspecified atom stereocenters. The van der Waals surface area contributed by atoms with Crippen LogP contribution in [0.5, 0.6) is 0 Å². The van der Waals surface area contributed by atoms with E-state index in [-0.39, 0.29) is 5.82 Å². The Morgan fingerprint density at radius 2 is 1.77 bits per heavy atom. The maximum atomic E-state index is 14.2. The summed E-state index contributed by atoms with van der Waals surface area (Å²) in [5.74, 6) is -0.161. The molecule has 1 saturated heterocycles. The van der Waals surface area contributed by atoms with Crippen molar-refractivity contribution < 1.29 is 4.39 Å². The molecule has 0 amide bonds. The van der Waals surface area contributed by atoms with Crippen LogP contribution < -0.4 is 4.90 Å². The maximum absolute atomic E-state index is 14.2. The van der Waals surface area contributed by atoms with Crippen LogP contribution in [0.2, 0.25) is 0 Å². The first-order valence-electron chi connectivity index (χ1n) is 7.79. The van der Waals surface area contributed by atoms with Gasteiger partial charge in [0.2, 0.25) is 0 Å². The molecule has 2 aromatic rings. The lowest BCUT2D eigenvalue weighted by atomic mass is 10.1. The van der Waals surface area contributed by atoms with Crippen molar-refractivity contribution in [1.29, 1.82) is 0 Å². The van der Waals surface area contributed by atoms with E-state index in [0.717, 1.165) is 37.2 Å². The second-order valence-corrected chi connectivity index (χ2v) is 5.93. The molecule has 1 aliphatic heterocycles. The van der Waals surface area contributed by atoms with Crippen molar-refractivity contribution >= 4 is 17.6 Å². The Morgan fingerprint density at radius 3 is 2.45 bits per heavy atom. The van der Waals surface area contributed by atoms with Crippen LogP contribution in [0.1, 0.15) is 29.5 Å². The molecule has 1 aliphatic rings. The lowest BCUT2D eigenvalue weighted by molar-refractivity contribution is 0.623. The molecule has 22 heavy (non-hydrogen) atoms. The third-order valence-electron chi connectivity index (χ3n) is 4.27. The van der Waals surface area contributed by atoms with Gasteiger partial charge in [-0.2, -0.15) is 0 Å². The van der Waals surface area contributed by atoms with Crippen LogP contribution in [-0.2, 0) is 0 Å². The lowest BCUT2D eigenvalue weighted by Crippen LogP contribution is -2.18. The first-order valence-corrected chi connectivity index (χ1v) is 7.79. The number of halogens is 1. The highest BCUT2D eigenvalue weighted by molar-refractivity contribution is 5.82. The molecule has 2 aromatic carbocycles. The van der Waals surface area contributed by atoms with E-state index in [9.17, 15) is 4.39 Å². The molecular weight excluding hydrogens is 275 g/mol. The number of benzene rings is 2. The van der Waals surface area contributed by atoms with Gasteiger partial charge in [-0.05, 0) is 67.6 Å². The number of aliphatic imine (C=N–C) groups is 1. The molecule has 0 saturated carbocycles. The zero-order valence-corrected chi connectivity index (χ0v) is 13.1. The van der Waals surface area contributed by atoms with Crippen LogP contribution in [0.25, 0.3) is 0 Å². The molecule has 0 aromatic heterocycles. The van der Waals surface area contributed by atoms with Gasteiger partial charge in [0.05, 0.1) is 11.4 Å². The monoisotopic (exact) mass is 296 g/mol. The van der Waals surface area contributed by atoms with Gasteiger partial charge in [-0.15, -0.1) is 0 Å². The highest BCUT2D eigenvalue weighted by Gasteiger charge is 2.15. The van der Waals surface area contributed by atoms with Crippen molar-refractivity contribution in [3.63, 3.8) is 0 Å². The molecule has 1 heterocycles. The molecule has 0 radical (unpaired) electrons. The Balaban J connectivity index is 1.78. The zero-order chi connectivity index (χ0) is 15.5. The summed E-state index contributed by atoms with van der Waals surface area (Å²) < 4.78 is 14.2. The predicted octanol–water partition coefficient (Wildman–Crippen LogP) is 4.79. The number of anilines is 1. The van der Waals surface area contributed by atoms with E-state index in [0.29, 0.717) is 5.69 Å². The molecule has 0 atom stereocenters. The minimum Gasteiger partial charge on any atom is -0.369 e. The van der Waals surface area contributed by atoms with E-state index in [4.69, 9.17) is 0 Å². The molecule has 0 spiro atoms. The van der Waals surface area contributed by atoms with Crippen molar-refractivity contribution in [1.82, 2.24) is 0 Å². The fourth-order valence-corrected chi connectivity index (χ4v) is 2.77. The van der Waals surface area contributed by atoms with E-state index >= 15 is 0 Å². The first-order chi connectivity index (χ1) is 10.6. The van der Waals surface area contributed by atoms with Gasteiger partial charge in [0.25, 0.3) is 0 Å². The molecular formula is C19H21FN2. The molecule has 2 nitrogen and oxygen atoms in total. The smallest absolute Gasteiger partial charge is 0.147 e. The number of nitrogens with zero attached hydrogens (tertiary/aromatic N) is 2. The van der Waals surface area contributed by atoms with E-state index in [2.05, 4.69) is 29.8 Å². The normalized spacial score (nSPS) is 15.0. The Hall–Kier alpha value is -2.16. The Bertz CT molecular complexity index is 701. The van der Waals surface area contributed by atoms with Crippen molar-refractivity contribution in [2.24, 2.45) is 4.99 Å². The van der Waals surface area contributed by atoms with Gasteiger partial charge in [-0.25, -0.2) is 4.39 Å². The van der Waals surface area contributed by atoms with Gasteiger partial charge in [-0.3, -0.25) is 4.99 Å². The minimum absolute atomic E-state index is 0.161. The molecule has 1 fully saturated rings. The van der Waals surface area contributed by atoms with Crippen LogP contribution in [0.15, 0.2) is 41.4 Å². The molecule has 114 valence electrons. The summed E-state index contributed by atoms with van der Waals surface area (Å²) in [6.07, 6.45) is 4.02. The second-order valence-electron chi connectivity index (χ2n) is 5.93. The zero-order valence-electron chi connectivity index (χ0n) is 13.1. The Morgan fingerprint density at radius 1 is 1.00 bits per heavy atom. The topological polar surface area (TPSA) is 15.6 Å². The quantitative estimate of drug-likeness (QED) is 0.743. The summed E-state index contributed by atoms with van der Waals surface area (Å²) in [7, 11) is 0. The van der Waals surface area contributed by atoms with Crippen LogP contribution >= 0.6 is 0 Å². The van der Waals surface area contributed by atoms with Crippen molar-refractivity contribution in [3.05, 3.63) is 58.9 Å². The van der Waals surface area contributed by atoms with Gasteiger partial charge >= 0.3 is 0 Å². The number of hydrogen-bond donors (Lipinski definition) is 0. The highest BCUT2D eigenvalue weighted by atomic mass is 19.1. The SMILES string of the molecule is Cc1ccc(N=Cc2ccc(N3CCCC3)c(F)c2)cc1C. The van der Waals surface area contributed by atoms with Crippen LogP contribution in [0, 0.1) is 19.7 Å². The van der Waals surface area contributed by atoms with Crippen LogP contribution in [0.3, 0.4) is 0 Å². The summed E-state index contributed by atoms with van der Waals surface area (Å²) >= 11 is 0. The predicted molar refractivity (Wildman–Crippen MR) is 91.0 cm³/mol. The lowest BCUT2D eigenvalue weighted by Gasteiger charge is -2.18. The van der Waals surface area contributed by atoms with E-state index in [1.54, 1.807) is 12.3 Å². The van der Waals surface area contributed by atoms with Crippen molar-refractivity contribution in [3.8, 4) is 0 Å². The van der Waals surface area contributed by atoms with E-state index < -0.39 is 0 Å². The third kappa shape index (κ3) is 3.19.